The number of amides is 1. The standard InChI is InChI=1S/C12H18N4O3S/c1-8(4-5-20-3)15(2)12(17)9-6-11(13)14-7-10(9)16(18)19/h6-8H,4-5H2,1-3H3,(H2,13,14). The summed E-state index contributed by atoms with van der Waals surface area (Å²) in [5, 5.41) is 11.0. The van der Waals surface area contributed by atoms with Crippen LogP contribution in [-0.4, -0.2) is 45.8 Å². The van der Waals surface area contributed by atoms with Crippen molar-refractivity contribution in [3.05, 3.63) is 27.9 Å². The van der Waals surface area contributed by atoms with Gasteiger partial charge in [-0.3, -0.25) is 14.9 Å². The van der Waals surface area contributed by atoms with Crippen LogP contribution in [-0.2, 0) is 0 Å². The highest BCUT2D eigenvalue weighted by molar-refractivity contribution is 7.98. The van der Waals surface area contributed by atoms with Gasteiger partial charge in [-0.05, 0) is 31.4 Å². The Hall–Kier alpha value is -1.83. The highest BCUT2D eigenvalue weighted by atomic mass is 32.2. The molecule has 1 aromatic rings. The van der Waals surface area contributed by atoms with Gasteiger partial charge in [0.05, 0.1) is 4.92 Å². The molecule has 1 rings (SSSR count). The van der Waals surface area contributed by atoms with Gasteiger partial charge in [-0.2, -0.15) is 11.8 Å². The lowest BCUT2D eigenvalue weighted by atomic mass is 10.1. The van der Waals surface area contributed by atoms with Crippen molar-refractivity contribution >= 4 is 29.2 Å². The van der Waals surface area contributed by atoms with Crippen molar-refractivity contribution < 1.29 is 9.72 Å². The van der Waals surface area contributed by atoms with Crippen LogP contribution in [0.4, 0.5) is 11.5 Å². The van der Waals surface area contributed by atoms with Crippen molar-refractivity contribution in [3.8, 4) is 0 Å². The van der Waals surface area contributed by atoms with Gasteiger partial charge in [-0.1, -0.05) is 0 Å². The van der Waals surface area contributed by atoms with E-state index in [2.05, 4.69) is 4.98 Å². The third kappa shape index (κ3) is 3.83. The first-order chi connectivity index (χ1) is 9.38. The fourth-order valence-corrected chi connectivity index (χ4v) is 2.23. The molecular formula is C12H18N4O3S. The van der Waals surface area contributed by atoms with E-state index in [1.54, 1.807) is 18.8 Å². The number of aromatic nitrogens is 1. The molecule has 0 aromatic carbocycles. The van der Waals surface area contributed by atoms with Crippen molar-refractivity contribution in [2.75, 3.05) is 24.8 Å². The van der Waals surface area contributed by atoms with Crippen LogP contribution in [0.5, 0.6) is 0 Å². The summed E-state index contributed by atoms with van der Waals surface area (Å²) >= 11 is 1.69. The molecule has 1 amide bonds. The third-order valence-corrected chi connectivity index (χ3v) is 3.70. The van der Waals surface area contributed by atoms with E-state index in [1.807, 2.05) is 13.2 Å². The number of pyridine rings is 1. The second-order valence-corrected chi connectivity index (χ2v) is 5.42. The Morgan fingerprint density at radius 2 is 2.30 bits per heavy atom. The summed E-state index contributed by atoms with van der Waals surface area (Å²) in [6, 6.07) is 1.24. The lowest BCUT2D eigenvalue weighted by Crippen LogP contribution is -2.35. The molecule has 0 aliphatic heterocycles. The zero-order valence-corrected chi connectivity index (χ0v) is 12.5. The van der Waals surface area contributed by atoms with Gasteiger partial charge in [0.1, 0.15) is 17.6 Å². The van der Waals surface area contributed by atoms with Gasteiger partial charge in [0, 0.05) is 13.1 Å². The zero-order chi connectivity index (χ0) is 15.3. The smallest absolute Gasteiger partial charge is 0.300 e. The maximum Gasteiger partial charge on any atom is 0.300 e. The lowest BCUT2D eigenvalue weighted by Gasteiger charge is -2.24. The molecule has 1 unspecified atom stereocenters. The summed E-state index contributed by atoms with van der Waals surface area (Å²) in [5.41, 5.74) is 5.16. The molecule has 1 heterocycles. The number of nitrogen functional groups attached to an aromatic ring is 1. The van der Waals surface area contributed by atoms with Gasteiger partial charge >= 0.3 is 0 Å². The first kappa shape index (κ1) is 16.2. The minimum Gasteiger partial charge on any atom is -0.384 e. The normalized spacial score (nSPS) is 11.9. The van der Waals surface area contributed by atoms with Crippen LogP contribution in [0.1, 0.15) is 23.7 Å². The van der Waals surface area contributed by atoms with E-state index in [-0.39, 0.29) is 23.1 Å². The van der Waals surface area contributed by atoms with E-state index in [0.717, 1.165) is 18.4 Å². The first-order valence-corrected chi connectivity index (χ1v) is 7.43. The first-order valence-electron chi connectivity index (χ1n) is 6.04. The van der Waals surface area contributed by atoms with Crippen LogP contribution in [0.3, 0.4) is 0 Å². The predicted molar refractivity (Wildman–Crippen MR) is 79.9 cm³/mol. The molecule has 0 aliphatic rings. The second kappa shape index (κ2) is 7.09. The molecule has 110 valence electrons. The summed E-state index contributed by atoms with van der Waals surface area (Å²) in [6.45, 7) is 1.91. The highest BCUT2D eigenvalue weighted by Crippen LogP contribution is 2.21. The van der Waals surface area contributed by atoms with Crippen LogP contribution >= 0.6 is 11.8 Å². The number of anilines is 1. The molecule has 0 bridgehead atoms. The van der Waals surface area contributed by atoms with Crippen molar-refractivity contribution in [2.45, 2.75) is 19.4 Å². The van der Waals surface area contributed by atoms with Crippen molar-refractivity contribution in [2.24, 2.45) is 0 Å². The minimum atomic E-state index is -0.625. The SMILES string of the molecule is CSCCC(C)N(C)C(=O)c1cc(N)ncc1[N+](=O)[O-]. The largest absolute Gasteiger partial charge is 0.384 e. The summed E-state index contributed by atoms with van der Waals surface area (Å²) < 4.78 is 0. The Morgan fingerprint density at radius 3 is 2.85 bits per heavy atom. The highest BCUT2D eigenvalue weighted by Gasteiger charge is 2.26. The number of thioether (sulfide) groups is 1. The predicted octanol–water partition coefficient (Wildman–Crippen LogP) is 1.79. The zero-order valence-electron chi connectivity index (χ0n) is 11.7. The fourth-order valence-electron chi connectivity index (χ4n) is 1.65. The summed E-state index contributed by atoms with van der Waals surface area (Å²) in [7, 11) is 1.63. The van der Waals surface area contributed by atoms with Crippen LogP contribution in [0.2, 0.25) is 0 Å². The average molecular weight is 298 g/mol. The van der Waals surface area contributed by atoms with E-state index in [0.29, 0.717) is 0 Å². The van der Waals surface area contributed by atoms with Crippen molar-refractivity contribution in [1.29, 1.82) is 0 Å². The topological polar surface area (TPSA) is 102 Å². The van der Waals surface area contributed by atoms with Gasteiger partial charge in [0.2, 0.25) is 0 Å². The Bertz CT molecular complexity index is 509. The van der Waals surface area contributed by atoms with E-state index < -0.39 is 10.8 Å². The van der Waals surface area contributed by atoms with Gasteiger partial charge in [0.25, 0.3) is 11.6 Å². The Morgan fingerprint density at radius 1 is 1.65 bits per heavy atom. The number of carbonyl (C=O) groups is 1. The molecule has 1 atom stereocenters. The molecule has 8 heteroatoms. The van der Waals surface area contributed by atoms with Gasteiger partial charge in [-0.15, -0.1) is 0 Å². The van der Waals surface area contributed by atoms with E-state index in [1.165, 1.54) is 11.0 Å². The van der Waals surface area contributed by atoms with Gasteiger partial charge < -0.3 is 10.6 Å². The maximum atomic E-state index is 12.4. The summed E-state index contributed by atoms with van der Waals surface area (Å²) in [6.07, 6.45) is 3.82. The molecule has 0 spiro atoms. The monoisotopic (exact) mass is 298 g/mol. The molecular weight excluding hydrogens is 280 g/mol. The average Bonchev–Trinajstić information content (AvgIpc) is 2.42. The van der Waals surface area contributed by atoms with Crippen LogP contribution < -0.4 is 5.73 Å². The molecule has 0 saturated heterocycles. The quantitative estimate of drug-likeness (QED) is 0.634. The number of carbonyl (C=O) groups excluding carboxylic acids is 1. The van der Waals surface area contributed by atoms with Crippen molar-refractivity contribution in [1.82, 2.24) is 9.88 Å². The number of rotatable bonds is 6. The molecule has 7 nitrogen and oxygen atoms in total. The molecule has 0 fully saturated rings. The van der Waals surface area contributed by atoms with Crippen LogP contribution in [0.25, 0.3) is 0 Å². The van der Waals surface area contributed by atoms with Gasteiger partial charge in [-0.25, -0.2) is 4.98 Å². The fraction of sp³-hybridized carbons (Fsp3) is 0.500. The van der Waals surface area contributed by atoms with Crippen LogP contribution in [0, 0.1) is 10.1 Å². The molecule has 0 saturated carbocycles. The lowest BCUT2D eigenvalue weighted by molar-refractivity contribution is -0.385. The third-order valence-electron chi connectivity index (χ3n) is 3.05. The Balaban J connectivity index is 3.01. The molecule has 2 N–H and O–H groups in total. The summed E-state index contributed by atoms with van der Waals surface area (Å²) in [5.74, 6) is 0.586. The number of nitrogens with zero attached hydrogens (tertiary/aromatic N) is 3. The Labute approximate surface area is 121 Å². The maximum absolute atomic E-state index is 12.4. The number of nitro groups is 1. The molecule has 1 aromatic heterocycles. The van der Waals surface area contributed by atoms with Gasteiger partial charge in [0.15, 0.2) is 0 Å². The molecule has 0 aliphatic carbocycles. The number of nitrogens with two attached hydrogens (primary N) is 1. The van der Waals surface area contributed by atoms with E-state index in [4.69, 9.17) is 5.73 Å². The number of hydrogen-bond donors (Lipinski definition) is 1. The van der Waals surface area contributed by atoms with Crippen molar-refractivity contribution in [3.63, 3.8) is 0 Å². The number of hydrogen-bond acceptors (Lipinski definition) is 6. The molecule has 20 heavy (non-hydrogen) atoms. The summed E-state index contributed by atoms with van der Waals surface area (Å²) in [4.78, 5) is 27.8. The van der Waals surface area contributed by atoms with Crippen LogP contribution in [0.15, 0.2) is 12.3 Å². The van der Waals surface area contributed by atoms with E-state index in [9.17, 15) is 14.9 Å². The Kier molecular flexibility index (Phi) is 5.75. The minimum absolute atomic E-state index is 0.0102. The molecule has 0 radical (unpaired) electrons. The second-order valence-electron chi connectivity index (χ2n) is 4.43. The van der Waals surface area contributed by atoms with E-state index >= 15 is 0 Å².